The number of nitrogens with one attached hydrogen (secondary N) is 2. The topological polar surface area (TPSA) is 116 Å². The number of alkyl carbamates (subject to hydrolysis) is 1. The Morgan fingerprint density at radius 3 is 2.81 bits per heavy atom. The average Bonchev–Trinajstić information content (AvgIpc) is 3.15. The van der Waals surface area contributed by atoms with E-state index < -0.39 is 0 Å². The van der Waals surface area contributed by atoms with Crippen molar-refractivity contribution in [2.24, 2.45) is 0 Å². The minimum Gasteiger partial charge on any atom is -0.446 e. The number of hydrogen-bond donors (Lipinski definition) is 2. The number of ether oxygens (including phenoxy) is 2. The van der Waals surface area contributed by atoms with E-state index in [1.54, 1.807) is 24.0 Å². The Hall–Kier alpha value is -3.27. The molecule has 1 amide bonds. The summed E-state index contributed by atoms with van der Waals surface area (Å²) in [6.45, 7) is 2.47. The second-order valence-corrected chi connectivity index (χ2v) is 8.86. The molecule has 32 heavy (non-hydrogen) atoms. The highest BCUT2D eigenvalue weighted by Gasteiger charge is 2.40. The van der Waals surface area contributed by atoms with Gasteiger partial charge >= 0.3 is 6.09 Å². The summed E-state index contributed by atoms with van der Waals surface area (Å²) < 4.78 is 12.5. The highest BCUT2D eigenvalue weighted by atomic mass is 16.6. The molecule has 2 unspecified atom stereocenters. The number of rotatable bonds is 7. The van der Waals surface area contributed by atoms with Crippen LogP contribution in [0.3, 0.4) is 0 Å². The van der Waals surface area contributed by atoms with Gasteiger partial charge in [-0.25, -0.2) is 24.3 Å². The van der Waals surface area contributed by atoms with Crippen LogP contribution in [0.5, 0.6) is 0 Å². The van der Waals surface area contributed by atoms with Gasteiger partial charge in [-0.05, 0) is 56.6 Å². The molecule has 0 saturated heterocycles. The molecule has 0 aromatic carbocycles. The van der Waals surface area contributed by atoms with Gasteiger partial charge in [0.2, 0.25) is 5.95 Å². The van der Waals surface area contributed by atoms with E-state index in [1.807, 2.05) is 25.4 Å². The van der Waals surface area contributed by atoms with Crippen molar-refractivity contribution in [3.05, 3.63) is 42.1 Å². The van der Waals surface area contributed by atoms with Gasteiger partial charge < -0.3 is 20.1 Å². The van der Waals surface area contributed by atoms with Crippen molar-refractivity contribution < 1.29 is 14.3 Å². The first kappa shape index (κ1) is 20.6. The molecule has 3 aromatic rings. The molecule has 168 valence electrons. The molecular weight excluding hydrogens is 410 g/mol. The summed E-state index contributed by atoms with van der Waals surface area (Å²) in [5.41, 5.74) is 2.63. The molecule has 5 rings (SSSR count). The predicted octanol–water partition coefficient (Wildman–Crippen LogP) is 3.32. The number of fused-ring (bicyclic) bond motifs is 1. The first-order valence-corrected chi connectivity index (χ1v) is 10.9. The second kappa shape index (κ2) is 8.34. The SMILES string of the molecule is COCc1cc2c(Nc3ncc(C4CCC(OC(=O)NC5(C)CC5)C4)cn3)nccn2n1. The number of aromatic nitrogens is 5. The van der Waals surface area contributed by atoms with E-state index in [2.05, 4.69) is 30.7 Å². The molecule has 2 aliphatic carbocycles. The largest absolute Gasteiger partial charge is 0.446 e. The third kappa shape index (κ3) is 4.50. The molecule has 0 radical (unpaired) electrons. The lowest BCUT2D eigenvalue weighted by atomic mass is 10.0. The molecule has 2 N–H and O–H groups in total. The maximum Gasteiger partial charge on any atom is 0.407 e. The second-order valence-electron chi connectivity index (χ2n) is 8.86. The minimum absolute atomic E-state index is 0.0623. The Morgan fingerprint density at radius 1 is 1.25 bits per heavy atom. The number of carbonyl (C=O) groups excluding carboxylic acids is 1. The summed E-state index contributed by atoms with van der Waals surface area (Å²) >= 11 is 0. The lowest BCUT2D eigenvalue weighted by Crippen LogP contribution is -2.36. The van der Waals surface area contributed by atoms with E-state index in [9.17, 15) is 4.79 Å². The van der Waals surface area contributed by atoms with Crippen molar-refractivity contribution in [1.29, 1.82) is 0 Å². The summed E-state index contributed by atoms with van der Waals surface area (Å²) in [5, 5.41) is 10.6. The maximum atomic E-state index is 12.1. The van der Waals surface area contributed by atoms with Crippen LogP contribution in [0.2, 0.25) is 0 Å². The third-order valence-corrected chi connectivity index (χ3v) is 6.17. The molecule has 2 saturated carbocycles. The van der Waals surface area contributed by atoms with Crippen LogP contribution in [0.4, 0.5) is 16.6 Å². The Morgan fingerprint density at radius 2 is 2.06 bits per heavy atom. The maximum absolute atomic E-state index is 12.1. The molecule has 10 nitrogen and oxygen atoms in total. The van der Waals surface area contributed by atoms with Gasteiger partial charge in [-0.1, -0.05) is 0 Å². The van der Waals surface area contributed by atoms with Crippen LogP contribution in [-0.4, -0.2) is 49.4 Å². The number of amides is 1. The van der Waals surface area contributed by atoms with Crippen LogP contribution in [0.15, 0.2) is 30.9 Å². The lowest BCUT2D eigenvalue weighted by Gasteiger charge is -2.16. The molecular formula is C22H27N7O3. The van der Waals surface area contributed by atoms with Gasteiger partial charge in [0.15, 0.2) is 5.82 Å². The monoisotopic (exact) mass is 437 g/mol. The fraction of sp³-hybridized carbons (Fsp3) is 0.500. The highest BCUT2D eigenvalue weighted by molar-refractivity contribution is 5.71. The molecule has 2 atom stereocenters. The van der Waals surface area contributed by atoms with Crippen LogP contribution in [0, 0.1) is 0 Å². The molecule has 3 heterocycles. The van der Waals surface area contributed by atoms with Gasteiger partial charge in [-0.3, -0.25) is 0 Å². The zero-order valence-electron chi connectivity index (χ0n) is 18.2. The highest BCUT2D eigenvalue weighted by Crippen LogP contribution is 2.37. The van der Waals surface area contributed by atoms with E-state index in [-0.39, 0.29) is 23.7 Å². The Bertz CT molecular complexity index is 1110. The van der Waals surface area contributed by atoms with Crippen LogP contribution < -0.4 is 10.6 Å². The molecule has 0 bridgehead atoms. The Labute approximate surface area is 185 Å². The van der Waals surface area contributed by atoms with Crippen molar-refractivity contribution in [3.63, 3.8) is 0 Å². The van der Waals surface area contributed by atoms with Crippen LogP contribution in [-0.2, 0) is 16.1 Å². The standard InChI is InChI=1S/C22H27N7O3/c1-22(5-6-22)27-21(30)32-17-4-3-14(9-17)15-11-24-20(25-12-15)26-19-18-10-16(13-31-2)28-29(18)8-7-23-19/h7-8,10-12,14,17H,3-6,9,13H2,1-2H3,(H,27,30)(H,23,24,25,26). The van der Waals surface area contributed by atoms with Crippen molar-refractivity contribution in [1.82, 2.24) is 29.9 Å². The summed E-state index contributed by atoms with van der Waals surface area (Å²) in [6.07, 6.45) is 11.4. The van der Waals surface area contributed by atoms with Crippen LogP contribution in [0.25, 0.3) is 5.52 Å². The normalized spacial score (nSPS) is 21.4. The fourth-order valence-electron chi connectivity index (χ4n) is 4.10. The summed E-state index contributed by atoms with van der Waals surface area (Å²) in [5.74, 6) is 1.37. The fourth-order valence-corrected chi connectivity index (χ4v) is 4.10. The zero-order valence-corrected chi connectivity index (χ0v) is 18.2. The van der Waals surface area contributed by atoms with E-state index in [1.165, 1.54) is 0 Å². The Balaban J connectivity index is 1.20. The minimum atomic E-state index is -0.304. The Kier molecular flexibility index (Phi) is 5.38. The number of nitrogens with zero attached hydrogens (tertiary/aromatic N) is 5. The van der Waals surface area contributed by atoms with Gasteiger partial charge in [-0.15, -0.1) is 0 Å². The number of carbonyl (C=O) groups is 1. The summed E-state index contributed by atoms with van der Waals surface area (Å²) in [6, 6.07) is 1.92. The number of hydrogen-bond acceptors (Lipinski definition) is 8. The number of anilines is 2. The first-order valence-electron chi connectivity index (χ1n) is 10.9. The van der Waals surface area contributed by atoms with Crippen molar-refractivity contribution in [2.75, 3.05) is 12.4 Å². The van der Waals surface area contributed by atoms with E-state index in [0.717, 1.165) is 48.9 Å². The summed E-state index contributed by atoms with van der Waals surface area (Å²) in [4.78, 5) is 25.4. The zero-order chi connectivity index (χ0) is 22.1. The molecule has 2 aliphatic rings. The van der Waals surface area contributed by atoms with Gasteiger partial charge in [0.1, 0.15) is 11.6 Å². The van der Waals surface area contributed by atoms with Crippen LogP contribution in [0.1, 0.15) is 56.2 Å². The van der Waals surface area contributed by atoms with Gasteiger partial charge in [0, 0.05) is 37.4 Å². The smallest absolute Gasteiger partial charge is 0.407 e. The number of methoxy groups -OCH3 is 1. The van der Waals surface area contributed by atoms with Crippen LogP contribution >= 0.6 is 0 Å². The third-order valence-electron chi connectivity index (χ3n) is 6.17. The molecule has 3 aromatic heterocycles. The van der Waals surface area contributed by atoms with Crippen molar-refractivity contribution in [2.45, 2.75) is 63.2 Å². The van der Waals surface area contributed by atoms with Crippen molar-refractivity contribution >= 4 is 23.4 Å². The predicted molar refractivity (Wildman–Crippen MR) is 117 cm³/mol. The molecule has 2 fully saturated rings. The van der Waals surface area contributed by atoms with E-state index in [0.29, 0.717) is 18.4 Å². The quantitative estimate of drug-likeness (QED) is 0.578. The molecule has 10 heteroatoms. The first-order chi connectivity index (χ1) is 15.5. The van der Waals surface area contributed by atoms with E-state index in [4.69, 9.17) is 9.47 Å². The van der Waals surface area contributed by atoms with Gasteiger partial charge in [0.25, 0.3) is 0 Å². The average molecular weight is 438 g/mol. The van der Waals surface area contributed by atoms with Gasteiger partial charge in [-0.2, -0.15) is 5.10 Å². The van der Waals surface area contributed by atoms with E-state index >= 15 is 0 Å². The molecule has 0 spiro atoms. The van der Waals surface area contributed by atoms with Crippen molar-refractivity contribution in [3.8, 4) is 0 Å². The lowest BCUT2D eigenvalue weighted by molar-refractivity contribution is 0.0967. The summed E-state index contributed by atoms with van der Waals surface area (Å²) in [7, 11) is 1.64. The molecule has 0 aliphatic heterocycles. The van der Waals surface area contributed by atoms with Gasteiger partial charge in [0.05, 0.1) is 12.3 Å².